The van der Waals surface area contributed by atoms with E-state index in [2.05, 4.69) is 65.2 Å². The molecule has 2 aromatic carbocycles. The SMILES string of the molecule is Cn1c2c(c3ccccc31)CCN(OCc1ccccc1)C2. The highest BCUT2D eigenvalue weighted by molar-refractivity contribution is 5.85. The molecule has 0 bridgehead atoms. The van der Waals surface area contributed by atoms with Crippen molar-refractivity contribution in [2.75, 3.05) is 6.54 Å². The lowest BCUT2D eigenvalue weighted by Gasteiger charge is -2.27. The molecule has 0 saturated carbocycles. The van der Waals surface area contributed by atoms with Crippen molar-refractivity contribution in [2.24, 2.45) is 7.05 Å². The van der Waals surface area contributed by atoms with Gasteiger partial charge in [-0.3, -0.25) is 4.84 Å². The fraction of sp³-hybridized carbons (Fsp3) is 0.263. The Kier molecular flexibility index (Phi) is 3.45. The fourth-order valence-electron chi connectivity index (χ4n) is 3.34. The van der Waals surface area contributed by atoms with Gasteiger partial charge < -0.3 is 4.57 Å². The van der Waals surface area contributed by atoms with Crippen LogP contribution in [0.15, 0.2) is 54.6 Å². The van der Waals surface area contributed by atoms with Gasteiger partial charge in [0.25, 0.3) is 0 Å². The summed E-state index contributed by atoms with van der Waals surface area (Å²) in [5, 5.41) is 3.48. The molecule has 22 heavy (non-hydrogen) atoms. The summed E-state index contributed by atoms with van der Waals surface area (Å²) in [6.45, 7) is 2.45. The molecule has 0 saturated heterocycles. The molecule has 1 aromatic heterocycles. The third-order valence-electron chi connectivity index (χ3n) is 4.54. The summed E-state index contributed by atoms with van der Waals surface area (Å²) in [5.41, 5.74) is 5.39. The van der Waals surface area contributed by atoms with Gasteiger partial charge in [-0.1, -0.05) is 48.5 Å². The van der Waals surface area contributed by atoms with Gasteiger partial charge in [0, 0.05) is 30.2 Å². The van der Waals surface area contributed by atoms with Gasteiger partial charge in [0.2, 0.25) is 0 Å². The second-order valence-electron chi connectivity index (χ2n) is 5.87. The van der Waals surface area contributed by atoms with E-state index in [1.54, 1.807) is 0 Å². The number of fused-ring (bicyclic) bond motifs is 3. The van der Waals surface area contributed by atoms with E-state index in [9.17, 15) is 0 Å². The number of benzene rings is 2. The number of para-hydroxylation sites is 1. The van der Waals surface area contributed by atoms with Crippen molar-refractivity contribution in [3.63, 3.8) is 0 Å². The molecular weight excluding hydrogens is 272 g/mol. The minimum Gasteiger partial charge on any atom is -0.346 e. The standard InChI is InChI=1S/C19H20N2O/c1-20-18-10-6-5-9-16(18)17-11-12-21(13-19(17)20)22-14-15-7-3-2-4-8-15/h2-10H,11-14H2,1H3. The molecule has 4 rings (SSSR count). The van der Waals surface area contributed by atoms with Gasteiger partial charge in [0.15, 0.2) is 0 Å². The average Bonchev–Trinajstić information content (AvgIpc) is 2.87. The number of hydrogen-bond donors (Lipinski definition) is 0. The second kappa shape index (κ2) is 5.59. The van der Waals surface area contributed by atoms with Gasteiger partial charge in [-0.2, -0.15) is 5.06 Å². The summed E-state index contributed by atoms with van der Waals surface area (Å²) in [4.78, 5) is 6.00. The summed E-state index contributed by atoms with van der Waals surface area (Å²) in [6.07, 6.45) is 1.05. The molecule has 2 heterocycles. The summed E-state index contributed by atoms with van der Waals surface area (Å²) >= 11 is 0. The molecule has 0 aliphatic carbocycles. The van der Waals surface area contributed by atoms with E-state index >= 15 is 0 Å². The number of aryl methyl sites for hydroxylation is 1. The van der Waals surface area contributed by atoms with Gasteiger partial charge in [-0.15, -0.1) is 0 Å². The van der Waals surface area contributed by atoms with Crippen molar-refractivity contribution >= 4 is 10.9 Å². The molecule has 1 aliphatic heterocycles. The van der Waals surface area contributed by atoms with Crippen LogP contribution >= 0.6 is 0 Å². The minimum atomic E-state index is 0.639. The Balaban J connectivity index is 1.54. The first-order chi connectivity index (χ1) is 10.8. The maximum atomic E-state index is 6.00. The fourth-order valence-corrected chi connectivity index (χ4v) is 3.34. The Morgan fingerprint density at radius 1 is 1.00 bits per heavy atom. The van der Waals surface area contributed by atoms with Gasteiger partial charge in [0.05, 0.1) is 13.2 Å². The average molecular weight is 292 g/mol. The highest BCUT2D eigenvalue weighted by atomic mass is 16.7. The van der Waals surface area contributed by atoms with Crippen LogP contribution < -0.4 is 0 Å². The van der Waals surface area contributed by atoms with Crippen molar-refractivity contribution in [2.45, 2.75) is 19.6 Å². The zero-order valence-corrected chi connectivity index (χ0v) is 12.8. The third kappa shape index (κ3) is 2.32. The molecular formula is C19H20N2O. The first-order valence-corrected chi connectivity index (χ1v) is 7.80. The lowest BCUT2D eigenvalue weighted by atomic mass is 10.0. The highest BCUT2D eigenvalue weighted by Crippen LogP contribution is 2.30. The summed E-state index contributed by atoms with van der Waals surface area (Å²) in [5.74, 6) is 0. The van der Waals surface area contributed by atoms with Crippen LogP contribution in [0.5, 0.6) is 0 Å². The van der Waals surface area contributed by atoms with Crippen LogP contribution in [0.2, 0.25) is 0 Å². The quantitative estimate of drug-likeness (QED) is 0.733. The topological polar surface area (TPSA) is 17.4 Å². The van der Waals surface area contributed by atoms with Crippen LogP contribution in [0, 0.1) is 0 Å². The Hall–Kier alpha value is -2.10. The second-order valence-corrected chi connectivity index (χ2v) is 5.87. The molecule has 1 aliphatic rings. The molecule has 0 atom stereocenters. The highest BCUT2D eigenvalue weighted by Gasteiger charge is 2.22. The van der Waals surface area contributed by atoms with Crippen LogP contribution in [0.3, 0.4) is 0 Å². The first-order valence-electron chi connectivity index (χ1n) is 7.80. The van der Waals surface area contributed by atoms with Gasteiger partial charge in [-0.05, 0) is 23.6 Å². The monoisotopic (exact) mass is 292 g/mol. The number of aromatic nitrogens is 1. The number of hydroxylamine groups is 2. The molecule has 0 amide bonds. The lowest BCUT2D eigenvalue weighted by molar-refractivity contribution is -0.180. The lowest BCUT2D eigenvalue weighted by Crippen LogP contribution is -2.31. The largest absolute Gasteiger partial charge is 0.346 e. The number of hydrogen-bond acceptors (Lipinski definition) is 2. The van der Waals surface area contributed by atoms with E-state index < -0.39 is 0 Å². The summed E-state index contributed by atoms with van der Waals surface area (Å²) in [6, 6.07) is 19.0. The smallest absolute Gasteiger partial charge is 0.0936 e. The molecule has 0 N–H and O–H groups in total. The Bertz CT molecular complexity index is 792. The molecule has 0 radical (unpaired) electrons. The van der Waals surface area contributed by atoms with E-state index in [0.29, 0.717) is 6.61 Å². The molecule has 0 unspecified atom stereocenters. The van der Waals surface area contributed by atoms with Crippen LogP contribution in [-0.4, -0.2) is 16.2 Å². The molecule has 112 valence electrons. The van der Waals surface area contributed by atoms with Crippen molar-refractivity contribution < 1.29 is 4.84 Å². The van der Waals surface area contributed by atoms with E-state index in [4.69, 9.17) is 4.84 Å². The Morgan fingerprint density at radius 3 is 2.64 bits per heavy atom. The molecule has 3 heteroatoms. The predicted molar refractivity (Wildman–Crippen MR) is 88.3 cm³/mol. The Morgan fingerprint density at radius 2 is 1.77 bits per heavy atom. The maximum Gasteiger partial charge on any atom is 0.0936 e. The van der Waals surface area contributed by atoms with Gasteiger partial charge in [-0.25, -0.2) is 0 Å². The first kappa shape index (κ1) is 13.6. The minimum absolute atomic E-state index is 0.639. The van der Waals surface area contributed by atoms with E-state index in [-0.39, 0.29) is 0 Å². The molecule has 3 nitrogen and oxygen atoms in total. The Labute approximate surface area is 130 Å². The van der Waals surface area contributed by atoms with Crippen LogP contribution in [0.1, 0.15) is 16.8 Å². The van der Waals surface area contributed by atoms with Crippen molar-refractivity contribution in [3.8, 4) is 0 Å². The van der Waals surface area contributed by atoms with Crippen molar-refractivity contribution in [1.29, 1.82) is 0 Å². The zero-order valence-electron chi connectivity index (χ0n) is 12.8. The molecule has 0 fully saturated rings. The van der Waals surface area contributed by atoms with Crippen LogP contribution in [0.4, 0.5) is 0 Å². The van der Waals surface area contributed by atoms with Crippen LogP contribution in [-0.2, 0) is 31.5 Å². The summed E-state index contributed by atoms with van der Waals surface area (Å²) < 4.78 is 2.31. The van der Waals surface area contributed by atoms with E-state index in [1.165, 1.54) is 27.7 Å². The van der Waals surface area contributed by atoms with Gasteiger partial charge in [0.1, 0.15) is 0 Å². The third-order valence-corrected chi connectivity index (χ3v) is 4.54. The van der Waals surface area contributed by atoms with Crippen molar-refractivity contribution in [1.82, 2.24) is 9.63 Å². The normalized spacial score (nSPS) is 15.1. The molecule has 0 spiro atoms. The van der Waals surface area contributed by atoms with Crippen molar-refractivity contribution in [3.05, 3.63) is 71.4 Å². The molecule has 3 aromatic rings. The maximum absolute atomic E-state index is 6.00. The zero-order chi connectivity index (χ0) is 14.9. The van der Waals surface area contributed by atoms with Gasteiger partial charge >= 0.3 is 0 Å². The van der Waals surface area contributed by atoms with E-state index in [1.807, 2.05) is 6.07 Å². The summed E-state index contributed by atoms with van der Waals surface area (Å²) in [7, 11) is 2.15. The van der Waals surface area contributed by atoms with Crippen LogP contribution in [0.25, 0.3) is 10.9 Å². The number of rotatable bonds is 3. The predicted octanol–water partition coefficient (Wildman–Crippen LogP) is 3.67. The van der Waals surface area contributed by atoms with E-state index in [0.717, 1.165) is 19.5 Å². The number of nitrogens with zero attached hydrogens (tertiary/aromatic N) is 2.